The van der Waals surface area contributed by atoms with E-state index >= 15 is 0 Å². The molecule has 9 nitrogen and oxygen atoms in total. The quantitative estimate of drug-likeness (QED) is 0.601. The first-order valence-electron chi connectivity index (χ1n) is 11.7. The molecule has 0 radical (unpaired) electrons. The summed E-state index contributed by atoms with van der Waals surface area (Å²) in [6.45, 7) is 6.78. The topological polar surface area (TPSA) is 121 Å². The number of anilines is 3. The monoisotopic (exact) mass is 455 g/mol. The van der Waals surface area contributed by atoms with E-state index in [1.165, 1.54) is 15.0 Å². The van der Waals surface area contributed by atoms with Crippen LogP contribution in [0.25, 0.3) is 0 Å². The van der Waals surface area contributed by atoms with Crippen LogP contribution in [0.1, 0.15) is 52.0 Å². The second-order valence-electron chi connectivity index (χ2n) is 8.41. The van der Waals surface area contributed by atoms with Gasteiger partial charge >= 0.3 is 5.69 Å². The fraction of sp³-hybridized carbons (Fsp3) is 0.500. The van der Waals surface area contributed by atoms with E-state index in [4.69, 9.17) is 5.73 Å². The van der Waals surface area contributed by atoms with Crippen LogP contribution in [0, 0.1) is 5.92 Å². The second kappa shape index (κ2) is 10.5. The minimum absolute atomic E-state index is 0.0142. The van der Waals surface area contributed by atoms with E-state index in [0.29, 0.717) is 19.4 Å². The van der Waals surface area contributed by atoms with Crippen molar-refractivity contribution in [2.75, 3.05) is 28.6 Å². The molecule has 33 heavy (non-hydrogen) atoms. The number of nitrogens with zero attached hydrogens (tertiary/aromatic N) is 3. The van der Waals surface area contributed by atoms with Gasteiger partial charge in [0.05, 0.1) is 5.92 Å². The predicted molar refractivity (Wildman–Crippen MR) is 130 cm³/mol. The van der Waals surface area contributed by atoms with Crippen molar-refractivity contribution in [3.8, 4) is 0 Å². The van der Waals surface area contributed by atoms with E-state index in [1.54, 1.807) is 4.90 Å². The predicted octanol–water partition coefficient (Wildman–Crippen LogP) is 2.28. The van der Waals surface area contributed by atoms with Crippen molar-refractivity contribution in [2.24, 2.45) is 5.92 Å². The van der Waals surface area contributed by atoms with Crippen molar-refractivity contribution in [3.63, 3.8) is 0 Å². The third kappa shape index (κ3) is 5.02. The SMILES string of the molecule is CCCCN(C(=O)[C@@H]1CC(=O)N(c2ccc(CC)cc2)C1)c1c(N)n(CCC)c(=O)[nH]c1=O. The lowest BCUT2D eigenvalue weighted by Crippen LogP contribution is -2.44. The zero-order valence-corrected chi connectivity index (χ0v) is 19.6. The molecule has 3 N–H and O–H groups in total. The number of nitrogens with one attached hydrogen (secondary N) is 1. The molecular formula is C24H33N5O4. The number of hydrogen-bond acceptors (Lipinski definition) is 5. The maximum absolute atomic E-state index is 13.6. The van der Waals surface area contributed by atoms with Crippen LogP contribution in [0.3, 0.4) is 0 Å². The van der Waals surface area contributed by atoms with E-state index in [0.717, 1.165) is 18.5 Å². The Bertz CT molecular complexity index is 1120. The van der Waals surface area contributed by atoms with Gasteiger partial charge in [-0.25, -0.2) is 4.79 Å². The summed E-state index contributed by atoms with van der Waals surface area (Å²) < 4.78 is 1.28. The van der Waals surface area contributed by atoms with Crippen LogP contribution in [0.2, 0.25) is 0 Å². The van der Waals surface area contributed by atoms with E-state index in [-0.39, 0.29) is 42.8 Å². The Labute approximate surface area is 193 Å². The average Bonchev–Trinajstić information content (AvgIpc) is 3.19. The number of aromatic amines is 1. The number of benzene rings is 1. The lowest BCUT2D eigenvalue weighted by Gasteiger charge is -2.27. The van der Waals surface area contributed by atoms with Gasteiger partial charge in [0.2, 0.25) is 11.8 Å². The molecule has 9 heteroatoms. The number of aromatic nitrogens is 2. The fourth-order valence-electron chi connectivity index (χ4n) is 4.19. The Hall–Kier alpha value is -3.36. The maximum Gasteiger partial charge on any atom is 0.330 e. The molecule has 0 saturated carbocycles. The van der Waals surface area contributed by atoms with Crippen LogP contribution in [0.4, 0.5) is 17.2 Å². The average molecular weight is 456 g/mol. The molecular weight excluding hydrogens is 422 g/mol. The van der Waals surface area contributed by atoms with Crippen LogP contribution in [-0.4, -0.2) is 34.5 Å². The first kappa shape index (κ1) is 24.3. The third-order valence-corrected chi connectivity index (χ3v) is 6.06. The minimum atomic E-state index is -0.689. The van der Waals surface area contributed by atoms with Crippen molar-refractivity contribution >= 4 is 29.0 Å². The first-order chi connectivity index (χ1) is 15.8. The molecule has 1 atom stereocenters. The summed E-state index contributed by atoms with van der Waals surface area (Å²) in [5.41, 5.74) is 6.85. The summed E-state index contributed by atoms with van der Waals surface area (Å²) in [6.07, 6.45) is 3.05. The van der Waals surface area contributed by atoms with Crippen molar-refractivity contribution in [1.82, 2.24) is 9.55 Å². The molecule has 1 aromatic heterocycles. The van der Waals surface area contributed by atoms with Gasteiger partial charge in [0.25, 0.3) is 5.56 Å². The summed E-state index contributed by atoms with van der Waals surface area (Å²) in [7, 11) is 0. The lowest BCUT2D eigenvalue weighted by molar-refractivity contribution is -0.124. The van der Waals surface area contributed by atoms with Gasteiger partial charge < -0.3 is 15.5 Å². The summed E-state index contributed by atoms with van der Waals surface area (Å²) in [5, 5.41) is 0. The maximum atomic E-state index is 13.6. The van der Waals surface area contributed by atoms with Crippen LogP contribution in [0.15, 0.2) is 33.9 Å². The number of rotatable bonds is 9. The number of amides is 2. The second-order valence-corrected chi connectivity index (χ2v) is 8.41. The molecule has 178 valence electrons. The Morgan fingerprint density at radius 1 is 1.12 bits per heavy atom. The van der Waals surface area contributed by atoms with Gasteiger partial charge in [-0.3, -0.25) is 23.9 Å². The molecule has 2 amide bonds. The molecule has 1 fully saturated rings. The molecule has 3 rings (SSSR count). The van der Waals surface area contributed by atoms with Crippen LogP contribution < -0.4 is 26.8 Å². The molecule has 1 aromatic carbocycles. The van der Waals surface area contributed by atoms with Gasteiger partial charge in [0.1, 0.15) is 5.82 Å². The number of nitrogens with two attached hydrogens (primary N) is 1. The molecule has 1 aliphatic heterocycles. The summed E-state index contributed by atoms with van der Waals surface area (Å²) in [6, 6.07) is 7.73. The van der Waals surface area contributed by atoms with Crippen molar-refractivity contribution in [1.29, 1.82) is 0 Å². The Balaban J connectivity index is 1.93. The van der Waals surface area contributed by atoms with Crippen molar-refractivity contribution in [3.05, 3.63) is 50.7 Å². The molecule has 0 bridgehead atoms. The zero-order valence-electron chi connectivity index (χ0n) is 19.6. The highest BCUT2D eigenvalue weighted by Crippen LogP contribution is 2.29. The third-order valence-electron chi connectivity index (χ3n) is 6.06. The Morgan fingerprint density at radius 3 is 2.42 bits per heavy atom. The van der Waals surface area contributed by atoms with Gasteiger partial charge in [-0.1, -0.05) is 39.3 Å². The van der Waals surface area contributed by atoms with Crippen LogP contribution >= 0.6 is 0 Å². The van der Waals surface area contributed by atoms with Crippen LogP contribution in [0.5, 0.6) is 0 Å². The fourth-order valence-corrected chi connectivity index (χ4v) is 4.19. The highest BCUT2D eigenvalue weighted by Gasteiger charge is 2.38. The molecule has 2 heterocycles. The van der Waals surface area contributed by atoms with Gasteiger partial charge in [0, 0.05) is 31.7 Å². The zero-order chi connectivity index (χ0) is 24.1. The highest BCUT2D eigenvalue weighted by atomic mass is 16.2. The molecule has 1 aliphatic rings. The minimum Gasteiger partial charge on any atom is -0.383 e. The number of aryl methyl sites for hydroxylation is 1. The number of nitrogen functional groups attached to an aromatic ring is 1. The van der Waals surface area contributed by atoms with E-state index in [1.807, 2.05) is 38.1 Å². The number of hydrogen-bond donors (Lipinski definition) is 2. The summed E-state index contributed by atoms with van der Waals surface area (Å²) >= 11 is 0. The van der Waals surface area contributed by atoms with Gasteiger partial charge in [-0.2, -0.15) is 0 Å². The number of carbonyl (C=O) groups is 2. The number of unbranched alkanes of at least 4 members (excludes halogenated alkanes) is 1. The molecule has 2 aromatic rings. The molecule has 0 aliphatic carbocycles. The molecule has 0 spiro atoms. The van der Waals surface area contributed by atoms with Crippen LogP contribution in [-0.2, 0) is 22.6 Å². The Morgan fingerprint density at radius 2 is 1.82 bits per heavy atom. The number of carbonyl (C=O) groups excluding carboxylic acids is 2. The van der Waals surface area contributed by atoms with Gasteiger partial charge in [-0.05, 0) is 37.0 Å². The van der Waals surface area contributed by atoms with Crippen molar-refractivity contribution in [2.45, 2.75) is 59.4 Å². The van der Waals surface area contributed by atoms with E-state index in [2.05, 4.69) is 11.9 Å². The van der Waals surface area contributed by atoms with E-state index < -0.39 is 17.2 Å². The largest absolute Gasteiger partial charge is 0.383 e. The van der Waals surface area contributed by atoms with E-state index in [9.17, 15) is 19.2 Å². The first-order valence-corrected chi connectivity index (χ1v) is 11.7. The van der Waals surface area contributed by atoms with Gasteiger partial charge in [-0.15, -0.1) is 0 Å². The standard InChI is InChI=1S/C24H33N5O4/c1-4-7-13-27(20-21(25)28(12-5-2)24(33)26-22(20)31)23(32)17-14-19(30)29(15-17)18-10-8-16(6-3)9-11-18/h8-11,17H,4-7,12-15,25H2,1-3H3,(H,26,31,33)/t17-/m1/s1. The number of H-pyrrole nitrogens is 1. The Kier molecular flexibility index (Phi) is 7.73. The highest BCUT2D eigenvalue weighted by molar-refractivity contribution is 6.05. The normalized spacial score (nSPS) is 15.8. The van der Waals surface area contributed by atoms with Gasteiger partial charge in [0.15, 0.2) is 5.69 Å². The lowest BCUT2D eigenvalue weighted by atomic mass is 10.1. The summed E-state index contributed by atoms with van der Waals surface area (Å²) in [5.74, 6) is -1.09. The molecule has 0 unspecified atom stereocenters. The summed E-state index contributed by atoms with van der Waals surface area (Å²) in [4.78, 5) is 56.6. The smallest absolute Gasteiger partial charge is 0.330 e. The molecule has 1 saturated heterocycles. The van der Waals surface area contributed by atoms with Crippen molar-refractivity contribution < 1.29 is 9.59 Å².